The molecule has 0 spiro atoms. The number of nitrogens with one attached hydrogen (secondary N) is 2. The van der Waals surface area contributed by atoms with Crippen LogP contribution in [0.4, 0.5) is 0 Å². The molecule has 7 heteroatoms. The largest absolute Gasteiger partial charge is 0.379 e. The van der Waals surface area contributed by atoms with Gasteiger partial charge in [-0.05, 0) is 20.0 Å². The highest BCUT2D eigenvalue weighted by Crippen LogP contribution is 1.97. The molecule has 0 unspecified atom stereocenters. The molecular weight excluding hydrogens is 242 g/mol. The van der Waals surface area contributed by atoms with E-state index >= 15 is 0 Å². The third kappa shape index (κ3) is 6.95. The van der Waals surface area contributed by atoms with Crippen molar-refractivity contribution in [2.75, 3.05) is 58.7 Å². The Labute approximate surface area is 104 Å². The van der Waals surface area contributed by atoms with E-state index in [1.807, 2.05) is 0 Å². The zero-order chi connectivity index (χ0) is 12.6. The van der Waals surface area contributed by atoms with Crippen molar-refractivity contribution < 1.29 is 13.2 Å². The van der Waals surface area contributed by atoms with E-state index < -0.39 is 10.0 Å². The predicted octanol–water partition coefficient (Wildman–Crippen LogP) is -1.15. The van der Waals surface area contributed by atoms with E-state index in [9.17, 15) is 8.42 Å². The molecule has 0 amide bonds. The topological polar surface area (TPSA) is 70.7 Å². The van der Waals surface area contributed by atoms with Crippen molar-refractivity contribution in [3.05, 3.63) is 0 Å². The van der Waals surface area contributed by atoms with Gasteiger partial charge >= 0.3 is 0 Å². The second kappa shape index (κ2) is 7.99. The average Bonchev–Trinajstić information content (AvgIpc) is 2.34. The summed E-state index contributed by atoms with van der Waals surface area (Å²) in [6.07, 6.45) is 0.846. The first-order valence-corrected chi connectivity index (χ1v) is 7.71. The van der Waals surface area contributed by atoms with Gasteiger partial charge in [0.1, 0.15) is 0 Å². The molecule has 1 heterocycles. The maximum Gasteiger partial charge on any atom is 0.212 e. The normalized spacial score (nSPS) is 18.4. The highest BCUT2D eigenvalue weighted by atomic mass is 32.2. The van der Waals surface area contributed by atoms with Gasteiger partial charge in [-0.1, -0.05) is 0 Å². The molecule has 0 radical (unpaired) electrons. The van der Waals surface area contributed by atoms with Crippen LogP contribution in [-0.4, -0.2) is 72.1 Å². The summed E-state index contributed by atoms with van der Waals surface area (Å²) in [5.74, 6) is 0.140. The van der Waals surface area contributed by atoms with Crippen molar-refractivity contribution in [2.24, 2.45) is 0 Å². The van der Waals surface area contributed by atoms with Crippen LogP contribution in [0.15, 0.2) is 0 Å². The lowest BCUT2D eigenvalue weighted by molar-refractivity contribution is 0.0376. The highest BCUT2D eigenvalue weighted by Gasteiger charge is 2.11. The van der Waals surface area contributed by atoms with Crippen LogP contribution in [0.25, 0.3) is 0 Å². The van der Waals surface area contributed by atoms with Crippen LogP contribution in [0.1, 0.15) is 6.42 Å². The standard InChI is InChI=1S/C10H23N3O3S/c1-11-4-10-17(14,15)12-3-2-5-13-6-8-16-9-7-13/h11-12H,2-10H2,1H3. The molecule has 1 saturated heterocycles. The lowest BCUT2D eigenvalue weighted by Crippen LogP contribution is -2.38. The second-order valence-corrected chi connectivity index (χ2v) is 6.05. The minimum absolute atomic E-state index is 0.140. The van der Waals surface area contributed by atoms with Gasteiger partial charge in [0.25, 0.3) is 0 Å². The maximum absolute atomic E-state index is 11.5. The number of sulfonamides is 1. The quantitative estimate of drug-likeness (QED) is 0.542. The number of morpholine rings is 1. The van der Waals surface area contributed by atoms with E-state index in [0.29, 0.717) is 13.1 Å². The zero-order valence-electron chi connectivity index (χ0n) is 10.4. The van der Waals surface area contributed by atoms with Crippen molar-refractivity contribution in [2.45, 2.75) is 6.42 Å². The Kier molecular flexibility index (Phi) is 6.98. The summed E-state index contributed by atoms with van der Waals surface area (Å²) in [5, 5.41) is 2.82. The van der Waals surface area contributed by atoms with E-state index in [4.69, 9.17) is 4.74 Å². The van der Waals surface area contributed by atoms with E-state index in [0.717, 1.165) is 39.3 Å². The molecule has 1 fully saturated rings. The highest BCUT2D eigenvalue weighted by molar-refractivity contribution is 7.89. The van der Waals surface area contributed by atoms with Gasteiger partial charge in [0, 0.05) is 26.2 Å². The van der Waals surface area contributed by atoms with Crippen molar-refractivity contribution in [3.63, 3.8) is 0 Å². The molecule has 17 heavy (non-hydrogen) atoms. The molecule has 0 aromatic heterocycles. The van der Waals surface area contributed by atoms with Crippen molar-refractivity contribution in [3.8, 4) is 0 Å². The first-order valence-electron chi connectivity index (χ1n) is 6.06. The molecule has 0 aromatic rings. The molecule has 102 valence electrons. The van der Waals surface area contributed by atoms with Crippen LogP contribution < -0.4 is 10.0 Å². The third-order valence-corrected chi connectivity index (χ3v) is 4.08. The van der Waals surface area contributed by atoms with Gasteiger partial charge in [0.15, 0.2) is 0 Å². The van der Waals surface area contributed by atoms with Gasteiger partial charge in [-0.25, -0.2) is 13.1 Å². The van der Waals surface area contributed by atoms with Crippen LogP contribution in [0.3, 0.4) is 0 Å². The fourth-order valence-electron chi connectivity index (χ4n) is 1.66. The monoisotopic (exact) mass is 265 g/mol. The third-order valence-electron chi connectivity index (χ3n) is 2.70. The first kappa shape index (κ1) is 14.8. The minimum atomic E-state index is -3.10. The van der Waals surface area contributed by atoms with E-state index in [2.05, 4.69) is 14.9 Å². The lowest BCUT2D eigenvalue weighted by Gasteiger charge is -2.26. The maximum atomic E-state index is 11.5. The van der Waals surface area contributed by atoms with Crippen LogP contribution in [0, 0.1) is 0 Å². The summed E-state index contributed by atoms with van der Waals surface area (Å²) >= 11 is 0. The summed E-state index contributed by atoms with van der Waals surface area (Å²) < 4.78 is 30.8. The summed E-state index contributed by atoms with van der Waals surface area (Å²) in [4.78, 5) is 2.30. The molecule has 1 aliphatic rings. The van der Waals surface area contributed by atoms with Crippen molar-refractivity contribution >= 4 is 10.0 Å². The number of ether oxygens (including phenoxy) is 1. The molecule has 1 aliphatic heterocycles. The number of nitrogens with zero attached hydrogens (tertiary/aromatic N) is 1. The summed E-state index contributed by atoms with van der Waals surface area (Å²) in [7, 11) is -1.36. The van der Waals surface area contributed by atoms with Crippen molar-refractivity contribution in [1.82, 2.24) is 14.9 Å². The Hall–Kier alpha value is -0.210. The van der Waals surface area contributed by atoms with E-state index in [1.165, 1.54) is 0 Å². The van der Waals surface area contributed by atoms with Gasteiger partial charge < -0.3 is 10.1 Å². The molecule has 2 N–H and O–H groups in total. The summed E-state index contributed by atoms with van der Waals surface area (Å²) in [5.41, 5.74) is 0. The molecule has 0 aliphatic carbocycles. The van der Waals surface area contributed by atoms with Gasteiger partial charge in [0.05, 0.1) is 19.0 Å². The SMILES string of the molecule is CNCCS(=O)(=O)NCCCN1CCOCC1. The van der Waals surface area contributed by atoms with Crippen LogP contribution in [0.5, 0.6) is 0 Å². The molecule has 0 bridgehead atoms. The number of rotatable bonds is 8. The lowest BCUT2D eigenvalue weighted by atomic mass is 10.3. The van der Waals surface area contributed by atoms with Crippen molar-refractivity contribution in [1.29, 1.82) is 0 Å². The Morgan fingerprint density at radius 3 is 2.59 bits per heavy atom. The molecule has 0 saturated carbocycles. The van der Waals surface area contributed by atoms with Gasteiger partial charge in [-0.3, -0.25) is 4.90 Å². The van der Waals surface area contributed by atoms with Crippen LogP contribution in [0.2, 0.25) is 0 Å². The van der Waals surface area contributed by atoms with E-state index in [1.54, 1.807) is 7.05 Å². The van der Waals surface area contributed by atoms with Gasteiger partial charge in [0.2, 0.25) is 10.0 Å². The number of hydrogen-bond acceptors (Lipinski definition) is 5. The first-order chi connectivity index (χ1) is 8.14. The van der Waals surface area contributed by atoms with E-state index in [-0.39, 0.29) is 5.75 Å². The average molecular weight is 265 g/mol. The Bertz CT molecular complexity index is 289. The molecular formula is C10H23N3O3S. The zero-order valence-corrected chi connectivity index (χ0v) is 11.3. The summed E-state index contributed by atoms with van der Waals surface area (Å²) in [6, 6.07) is 0. The smallest absolute Gasteiger partial charge is 0.212 e. The van der Waals surface area contributed by atoms with Crippen LogP contribution >= 0.6 is 0 Å². The predicted molar refractivity (Wildman–Crippen MR) is 67.6 cm³/mol. The molecule has 1 rings (SSSR count). The fraction of sp³-hybridized carbons (Fsp3) is 1.00. The molecule has 0 atom stereocenters. The number of hydrogen-bond donors (Lipinski definition) is 2. The van der Waals surface area contributed by atoms with Gasteiger partial charge in [-0.15, -0.1) is 0 Å². The van der Waals surface area contributed by atoms with Gasteiger partial charge in [-0.2, -0.15) is 0 Å². The Morgan fingerprint density at radius 1 is 1.24 bits per heavy atom. The Morgan fingerprint density at radius 2 is 1.94 bits per heavy atom. The minimum Gasteiger partial charge on any atom is -0.379 e. The fourth-order valence-corrected chi connectivity index (χ4v) is 2.74. The van der Waals surface area contributed by atoms with Crippen LogP contribution in [-0.2, 0) is 14.8 Å². The summed E-state index contributed by atoms with van der Waals surface area (Å²) in [6.45, 7) is 5.40. The molecule has 0 aromatic carbocycles. The molecule has 6 nitrogen and oxygen atoms in total. The second-order valence-electron chi connectivity index (χ2n) is 4.12. The Balaban J connectivity index is 2.06.